The van der Waals surface area contributed by atoms with Gasteiger partial charge in [0.15, 0.2) is 5.13 Å². The van der Waals surface area contributed by atoms with Gasteiger partial charge in [-0.2, -0.15) is 4.31 Å². The smallest absolute Gasteiger partial charge is 0.243 e. The van der Waals surface area contributed by atoms with E-state index in [1.807, 2.05) is 55.5 Å². The lowest BCUT2D eigenvalue weighted by Gasteiger charge is -2.33. The minimum absolute atomic E-state index is 0.102. The first-order valence-electron chi connectivity index (χ1n) is 12.2. The molecular formula is C28H29N3O4S2. The van der Waals surface area contributed by atoms with Gasteiger partial charge in [-0.3, -0.25) is 9.69 Å². The number of sulfonamides is 1. The fourth-order valence-electron chi connectivity index (χ4n) is 4.68. The number of nitrogens with zero attached hydrogens (tertiary/aromatic N) is 3. The summed E-state index contributed by atoms with van der Waals surface area (Å²) < 4.78 is 34.4. The molecule has 2 heterocycles. The van der Waals surface area contributed by atoms with E-state index >= 15 is 0 Å². The van der Waals surface area contributed by atoms with Crippen LogP contribution < -0.4 is 9.64 Å². The molecule has 1 atom stereocenters. The Bertz CT molecular complexity index is 1500. The maximum Gasteiger partial charge on any atom is 0.243 e. The summed E-state index contributed by atoms with van der Waals surface area (Å²) in [6.07, 6.45) is 1.24. The summed E-state index contributed by atoms with van der Waals surface area (Å²) in [6.45, 7) is 2.91. The van der Waals surface area contributed by atoms with Crippen molar-refractivity contribution in [1.82, 2.24) is 9.29 Å². The van der Waals surface area contributed by atoms with E-state index in [0.29, 0.717) is 36.8 Å². The van der Waals surface area contributed by atoms with Crippen LogP contribution in [0.4, 0.5) is 5.13 Å². The van der Waals surface area contributed by atoms with Gasteiger partial charge in [0.1, 0.15) is 5.75 Å². The zero-order valence-corrected chi connectivity index (χ0v) is 22.5. The molecule has 0 N–H and O–H groups in total. The number of carbonyl (C=O) groups excluding carboxylic acids is 1. The summed E-state index contributed by atoms with van der Waals surface area (Å²) in [5, 5.41) is 0.633. The molecule has 1 unspecified atom stereocenters. The molecule has 1 amide bonds. The van der Waals surface area contributed by atoms with Gasteiger partial charge in [-0.05, 0) is 61.2 Å². The van der Waals surface area contributed by atoms with Crippen LogP contribution in [-0.4, -0.2) is 43.8 Å². The van der Waals surface area contributed by atoms with Crippen LogP contribution in [0.1, 0.15) is 24.0 Å². The van der Waals surface area contributed by atoms with Crippen LogP contribution >= 0.6 is 11.3 Å². The van der Waals surface area contributed by atoms with Gasteiger partial charge in [0, 0.05) is 13.1 Å². The molecule has 3 aromatic carbocycles. The van der Waals surface area contributed by atoms with E-state index in [1.165, 1.54) is 22.8 Å². The normalized spacial score (nSPS) is 16.5. The molecule has 37 heavy (non-hydrogen) atoms. The molecule has 1 fully saturated rings. The van der Waals surface area contributed by atoms with Crippen molar-refractivity contribution < 1.29 is 17.9 Å². The lowest BCUT2D eigenvalue weighted by atomic mass is 9.98. The van der Waals surface area contributed by atoms with Gasteiger partial charge in [-0.25, -0.2) is 13.4 Å². The Morgan fingerprint density at radius 1 is 1.08 bits per heavy atom. The second-order valence-electron chi connectivity index (χ2n) is 9.21. The average molecular weight is 536 g/mol. The monoisotopic (exact) mass is 535 g/mol. The van der Waals surface area contributed by atoms with Gasteiger partial charge in [-0.1, -0.05) is 53.8 Å². The first-order chi connectivity index (χ1) is 17.9. The number of amides is 1. The van der Waals surface area contributed by atoms with Crippen molar-refractivity contribution in [1.29, 1.82) is 0 Å². The highest BCUT2D eigenvalue weighted by molar-refractivity contribution is 7.89. The molecule has 0 bridgehead atoms. The molecular weight excluding hydrogens is 506 g/mol. The molecule has 0 saturated carbocycles. The molecule has 1 aliphatic rings. The predicted molar refractivity (Wildman–Crippen MR) is 146 cm³/mol. The Balaban J connectivity index is 1.44. The summed E-state index contributed by atoms with van der Waals surface area (Å²) in [5.41, 5.74) is 2.94. The Morgan fingerprint density at radius 2 is 1.84 bits per heavy atom. The average Bonchev–Trinajstić information content (AvgIpc) is 3.37. The Labute approximate surface area is 221 Å². The second-order valence-corrected chi connectivity index (χ2v) is 12.2. The second kappa shape index (κ2) is 10.6. The number of para-hydroxylation sites is 1. The minimum Gasteiger partial charge on any atom is -0.497 e. The van der Waals surface area contributed by atoms with Gasteiger partial charge < -0.3 is 4.74 Å². The van der Waals surface area contributed by atoms with Crippen molar-refractivity contribution in [3.63, 3.8) is 0 Å². The van der Waals surface area contributed by atoms with Gasteiger partial charge in [0.25, 0.3) is 0 Å². The van der Waals surface area contributed by atoms with Gasteiger partial charge in [0.05, 0.1) is 34.7 Å². The molecule has 9 heteroatoms. The summed E-state index contributed by atoms with van der Waals surface area (Å²) in [5.74, 6) is 0.0297. The largest absolute Gasteiger partial charge is 0.497 e. The van der Waals surface area contributed by atoms with Crippen LogP contribution in [0.15, 0.2) is 77.7 Å². The third-order valence-corrected chi connectivity index (χ3v) is 9.64. The maximum absolute atomic E-state index is 14.0. The predicted octanol–water partition coefficient (Wildman–Crippen LogP) is 5.25. The fourth-order valence-corrected chi connectivity index (χ4v) is 7.25. The fraction of sp³-hybridized carbons (Fsp3) is 0.286. The number of hydrogen-bond donors (Lipinski definition) is 0. The zero-order chi connectivity index (χ0) is 26.0. The van der Waals surface area contributed by atoms with E-state index in [0.717, 1.165) is 21.3 Å². The third-order valence-electron chi connectivity index (χ3n) is 6.72. The molecule has 5 rings (SSSR count). The molecule has 7 nitrogen and oxygen atoms in total. The summed E-state index contributed by atoms with van der Waals surface area (Å²) in [4.78, 5) is 20.8. The molecule has 192 valence electrons. The molecule has 0 radical (unpaired) electrons. The van der Waals surface area contributed by atoms with Crippen molar-refractivity contribution in [2.75, 3.05) is 25.1 Å². The number of rotatable bonds is 7. The van der Waals surface area contributed by atoms with Crippen molar-refractivity contribution in [3.8, 4) is 5.75 Å². The molecule has 1 aromatic heterocycles. The number of methoxy groups -OCH3 is 1. The number of anilines is 1. The molecule has 1 aliphatic heterocycles. The highest BCUT2D eigenvalue weighted by Crippen LogP contribution is 2.34. The van der Waals surface area contributed by atoms with Crippen LogP contribution in [-0.2, 0) is 21.4 Å². The lowest BCUT2D eigenvalue weighted by Crippen LogP contribution is -2.46. The summed E-state index contributed by atoms with van der Waals surface area (Å²) in [6, 6.07) is 22.2. The highest BCUT2D eigenvalue weighted by atomic mass is 32.2. The number of ether oxygens (including phenoxy) is 1. The van der Waals surface area contributed by atoms with Crippen LogP contribution in [0.5, 0.6) is 5.75 Å². The number of fused-ring (bicyclic) bond motifs is 1. The van der Waals surface area contributed by atoms with E-state index < -0.39 is 15.9 Å². The van der Waals surface area contributed by atoms with Crippen molar-refractivity contribution in [3.05, 3.63) is 83.9 Å². The van der Waals surface area contributed by atoms with Crippen LogP contribution in [0.25, 0.3) is 10.2 Å². The number of thiazole rings is 1. The van der Waals surface area contributed by atoms with E-state index in [-0.39, 0.29) is 17.3 Å². The van der Waals surface area contributed by atoms with Gasteiger partial charge in [0.2, 0.25) is 15.9 Å². The number of piperidine rings is 1. The first-order valence-corrected chi connectivity index (χ1v) is 14.5. The minimum atomic E-state index is -3.73. The number of aryl methyl sites for hydroxylation is 1. The number of hydrogen-bond acceptors (Lipinski definition) is 6. The quantitative estimate of drug-likeness (QED) is 0.323. The van der Waals surface area contributed by atoms with Gasteiger partial charge >= 0.3 is 0 Å². The Morgan fingerprint density at radius 3 is 2.54 bits per heavy atom. The Hall–Kier alpha value is -3.27. The zero-order valence-electron chi connectivity index (χ0n) is 20.8. The topological polar surface area (TPSA) is 79.8 Å². The third kappa shape index (κ3) is 5.25. The maximum atomic E-state index is 14.0. The van der Waals surface area contributed by atoms with Gasteiger partial charge in [-0.15, -0.1) is 0 Å². The van der Waals surface area contributed by atoms with Crippen molar-refractivity contribution >= 4 is 42.6 Å². The molecule has 0 aliphatic carbocycles. The van der Waals surface area contributed by atoms with Crippen molar-refractivity contribution in [2.45, 2.75) is 31.2 Å². The van der Waals surface area contributed by atoms with E-state index in [1.54, 1.807) is 29.2 Å². The van der Waals surface area contributed by atoms with E-state index in [2.05, 4.69) is 0 Å². The molecule has 1 saturated heterocycles. The molecule has 4 aromatic rings. The first kappa shape index (κ1) is 25.4. The van der Waals surface area contributed by atoms with Crippen LogP contribution in [0.2, 0.25) is 0 Å². The van der Waals surface area contributed by atoms with E-state index in [9.17, 15) is 13.2 Å². The van der Waals surface area contributed by atoms with E-state index in [4.69, 9.17) is 9.72 Å². The summed E-state index contributed by atoms with van der Waals surface area (Å²) in [7, 11) is -2.19. The van der Waals surface area contributed by atoms with Crippen LogP contribution in [0.3, 0.4) is 0 Å². The van der Waals surface area contributed by atoms with Crippen LogP contribution in [0, 0.1) is 12.8 Å². The Kier molecular flexibility index (Phi) is 7.28. The van der Waals surface area contributed by atoms with Crippen molar-refractivity contribution in [2.24, 2.45) is 5.92 Å². The number of aromatic nitrogens is 1. The highest BCUT2D eigenvalue weighted by Gasteiger charge is 2.36. The number of benzene rings is 3. The molecule has 0 spiro atoms. The summed E-state index contributed by atoms with van der Waals surface area (Å²) >= 11 is 1.49. The standard InChI is InChI=1S/C28H29N3O4S2/c1-20-8-6-12-25-26(20)29-28(36-25)31(18-21-9-4-3-5-10-21)27(32)22-11-7-17-30(19-22)37(33,34)24-15-13-23(35-2)14-16-24/h3-6,8-10,12-16,22H,7,11,17-19H2,1-2H3. The SMILES string of the molecule is COc1ccc(S(=O)(=O)N2CCCC(C(=O)N(Cc3ccccc3)c3nc4c(C)cccc4s3)C2)cc1. The number of carbonyl (C=O) groups is 1. The lowest BCUT2D eigenvalue weighted by molar-refractivity contribution is -0.123.